The van der Waals surface area contributed by atoms with Crippen molar-refractivity contribution in [1.29, 1.82) is 0 Å². The van der Waals surface area contributed by atoms with Gasteiger partial charge in [-0.2, -0.15) is 0 Å². The number of nitrogens with one attached hydrogen (secondary N) is 1. The third-order valence-electron chi connectivity index (χ3n) is 3.78. The van der Waals surface area contributed by atoms with Gasteiger partial charge in [0.2, 0.25) is 5.91 Å². The minimum Gasteiger partial charge on any atom is -0.369 e. The smallest absolute Gasteiger partial charge is 0.224 e. The number of amides is 1. The van der Waals surface area contributed by atoms with Crippen LogP contribution < -0.4 is 10.2 Å². The van der Waals surface area contributed by atoms with Crippen molar-refractivity contribution in [2.75, 3.05) is 43.4 Å². The third-order valence-corrected chi connectivity index (χ3v) is 3.78. The van der Waals surface area contributed by atoms with Crippen LogP contribution in [0.3, 0.4) is 0 Å². The molecule has 1 aliphatic rings. The van der Waals surface area contributed by atoms with Gasteiger partial charge in [0.1, 0.15) is 0 Å². The lowest BCUT2D eigenvalue weighted by molar-refractivity contribution is -0.116. The predicted octanol–water partition coefficient (Wildman–Crippen LogP) is 2.57. The summed E-state index contributed by atoms with van der Waals surface area (Å²) in [6.07, 6.45) is 2.61. The average Bonchev–Trinajstić information content (AvgIpc) is 2.47. The second-order valence-electron chi connectivity index (χ2n) is 5.49. The molecule has 1 fully saturated rings. The number of benzene rings is 1. The second-order valence-corrected chi connectivity index (χ2v) is 5.49. The summed E-state index contributed by atoms with van der Waals surface area (Å²) in [6.45, 7) is 6.44. The number of hydrogen-bond donors (Lipinski definition) is 1. The lowest BCUT2D eigenvalue weighted by Gasteiger charge is -2.34. The molecule has 1 N–H and O–H groups in total. The van der Waals surface area contributed by atoms with Gasteiger partial charge in [-0.1, -0.05) is 13.3 Å². The van der Waals surface area contributed by atoms with Crippen LogP contribution in [-0.4, -0.2) is 44.0 Å². The Morgan fingerprint density at radius 3 is 2.40 bits per heavy atom. The minimum atomic E-state index is 0.110. The summed E-state index contributed by atoms with van der Waals surface area (Å²) in [4.78, 5) is 16.4. The van der Waals surface area contributed by atoms with E-state index < -0.39 is 0 Å². The monoisotopic (exact) mass is 275 g/mol. The number of carbonyl (C=O) groups excluding carboxylic acids is 1. The van der Waals surface area contributed by atoms with E-state index in [1.54, 1.807) is 0 Å². The number of likely N-dealkylation sites (N-methyl/N-ethyl adjacent to an activating group) is 1. The first-order chi connectivity index (χ1) is 9.69. The highest BCUT2D eigenvalue weighted by Gasteiger charge is 2.14. The van der Waals surface area contributed by atoms with Crippen LogP contribution in [0.1, 0.15) is 26.2 Å². The lowest BCUT2D eigenvalue weighted by atomic mass is 10.2. The van der Waals surface area contributed by atoms with Crippen LogP contribution in [0.4, 0.5) is 11.4 Å². The first kappa shape index (κ1) is 14.9. The van der Waals surface area contributed by atoms with Crippen LogP contribution in [0.15, 0.2) is 24.3 Å². The van der Waals surface area contributed by atoms with Crippen LogP contribution in [0.25, 0.3) is 0 Å². The van der Waals surface area contributed by atoms with Gasteiger partial charge in [0.15, 0.2) is 0 Å². The van der Waals surface area contributed by atoms with E-state index in [9.17, 15) is 4.79 Å². The molecule has 1 heterocycles. The van der Waals surface area contributed by atoms with Crippen molar-refractivity contribution in [2.24, 2.45) is 0 Å². The zero-order valence-electron chi connectivity index (χ0n) is 12.6. The standard InChI is InChI=1S/C16H25N3O/c1-3-4-5-16(20)17-14-6-8-15(9-7-14)19-12-10-18(2)11-13-19/h6-9H,3-5,10-13H2,1-2H3,(H,17,20). The molecular weight excluding hydrogens is 250 g/mol. The van der Waals surface area contributed by atoms with Gasteiger partial charge in [-0.3, -0.25) is 4.79 Å². The third kappa shape index (κ3) is 4.23. The Kier molecular flexibility index (Phi) is 5.41. The summed E-state index contributed by atoms with van der Waals surface area (Å²) in [5.41, 5.74) is 2.13. The van der Waals surface area contributed by atoms with Gasteiger partial charge in [0.05, 0.1) is 0 Å². The minimum absolute atomic E-state index is 0.110. The topological polar surface area (TPSA) is 35.6 Å². The molecule has 2 rings (SSSR count). The van der Waals surface area contributed by atoms with Crippen LogP contribution in [0.2, 0.25) is 0 Å². The molecule has 1 aromatic rings. The van der Waals surface area contributed by atoms with E-state index in [0.717, 1.165) is 44.7 Å². The molecule has 0 bridgehead atoms. The van der Waals surface area contributed by atoms with E-state index >= 15 is 0 Å². The molecule has 0 aromatic heterocycles. The number of rotatable bonds is 5. The fourth-order valence-electron chi connectivity index (χ4n) is 2.38. The van der Waals surface area contributed by atoms with E-state index in [4.69, 9.17) is 0 Å². The maximum Gasteiger partial charge on any atom is 0.224 e. The molecule has 110 valence electrons. The Bertz CT molecular complexity index is 422. The summed E-state index contributed by atoms with van der Waals surface area (Å²) in [6, 6.07) is 8.19. The van der Waals surface area contributed by atoms with Crippen molar-refractivity contribution in [3.05, 3.63) is 24.3 Å². The molecule has 0 radical (unpaired) electrons. The SMILES string of the molecule is CCCCC(=O)Nc1ccc(N2CCN(C)CC2)cc1. The molecule has 20 heavy (non-hydrogen) atoms. The van der Waals surface area contributed by atoms with Crippen LogP contribution in [-0.2, 0) is 4.79 Å². The first-order valence-electron chi connectivity index (χ1n) is 7.52. The average molecular weight is 275 g/mol. The van der Waals surface area contributed by atoms with Crippen molar-refractivity contribution in [3.8, 4) is 0 Å². The van der Waals surface area contributed by atoms with Crippen molar-refractivity contribution in [2.45, 2.75) is 26.2 Å². The maximum absolute atomic E-state index is 11.7. The zero-order valence-corrected chi connectivity index (χ0v) is 12.6. The molecule has 1 amide bonds. The molecule has 0 unspecified atom stereocenters. The Balaban J connectivity index is 1.88. The number of piperazine rings is 1. The van der Waals surface area contributed by atoms with Gasteiger partial charge >= 0.3 is 0 Å². The van der Waals surface area contributed by atoms with Gasteiger partial charge in [-0.25, -0.2) is 0 Å². The Morgan fingerprint density at radius 1 is 1.15 bits per heavy atom. The molecule has 4 heteroatoms. The summed E-state index contributed by atoms with van der Waals surface area (Å²) >= 11 is 0. The molecule has 4 nitrogen and oxygen atoms in total. The van der Waals surface area contributed by atoms with Crippen molar-refractivity contribution < 1.29 is 4.79 Å². The highest BCUT2D eigenvalue weighted by atomic mass is 16.1. The normalized spacial score (nSPS) is 16.2. The predicted molar refractivity (Wildman–Crippen MR) is 84.3 cm³/mol. The Labute approximate surface area is 121 Å². The van der Waals surface area contributed by atoms with Gasteiger partial charge in [-0.05, 0) is 37.7 Å². The first-order valence-corrected chi connectivity index (χ1v) is 7.52. The summed E-state index contributed by atoms with van der Waals surface area (Å²) in [5, 5.41) is 2.95. The van der Waals surface area contributed by atoms with Crippen molar-refractivity contribution >= 4 is 17.3 Å². The molecular formula is C16H25N3O. The zero-order chi connectivity index (χ0) is 14.4. The summed E-state index contributed by atoms with van der Waals surface area (Å²) in [7, 11) is 2.16. The number of carbonyl (C=O) groups is 1. The van der Waals surface area contributed by atoms with Gasteiger partial charge in [0, 0.05) is 44.0 Å². The Morgan fingerprint density at radius 2 is 1.80 bits per heavy atom. The molecule has 1 aliphatic heterocycles. The maximum atomic E-state index is 11.7. The van der Waals surface area contributed by atoms with Gasteiger partial charge < -0.3 is 15.1 Å². The van der Waals surface area contributed by atoms with Gasteiger partial charge in [0.25, 0.3) is 0 Å². The van der Waals surface area contributed by atoms with E-state index in [-0.39, 0.29) is 5.91 Å². The number of hydrogen-bond acceptors (Lipinski definition) is 3. The van der Waals surface area contributed by atoms with E-state index in [1.807, 2.05) is 12.1 Å². The number of unbranched alkanes of at least 4 members (excludes halogenated alkanes) is 1. The Hall–Kier alpha value is -1.55. The fraction of sp³-hybridized carbons (Fsp3) is 0.562. The highest BCUT2D eigenvalue weighted by molar-refractivity contribution is 5.90. The molecule has 0 aliphatic carbocycles. The molecule has 1 saturated heterocycles. The molecule has 1 aromatic carbocycles. The summed E-state index contributed by atoms with van der Waals surface area (Å²) in [5.74, 6) is 0.110. The quantitative estimate of drug-likeness (QED) is 0.897. The number of anilines is 2. The van der Waals surface area contributed by atoms with Crippen LogP contribution >= 0.6 is 0 Å². The fourth-order valence-corrected chi connectivity index (χ4v) is 2.38. The van der Waals surface area contributed by atoms with E-state index in [0.29, 0.717) is 6.42 Å². The highest BCUT2D eigenvalue weighted by Crippen LogP contribution is 2.19. The molecule has 0 atom stereocenters. The molecule has 0 saturated carbocycles. The van der Waals surface area contributed by atoms with E-state index in [2.05, 4.69) is 41.2 Å². The van der Waals surface area contributed by atoms with Gasteiger partial charge in [-0.15, -0.1) is 0 Å². The summed E-state index contributed by atoms with van der Waals surface area (Å²) < 4.78 is 0. The van der Waals surface area contributed by atoms with Crippen LogP contribution in [0.5, 0.6) is 0 Å². The lowest BCUT2D eigenvalue weighted by Crippen LogP contribution is -2.44. The van der Waals surface area contributed by atoms with Crippen molar-refractivity contribution in [3.63, 3.8) is 0 Å². The van der Waals surface area contributed by atoms with Crippen LogP contribution in [0, 0.1) is 0 Å². The van der Waals surface area contributed by atoms with E-state index in [1.165, 1.54) is 5.69 Å². The van der Waals surface area contributed by atoms with Crippen molar-refractivity contribution in [1.82, 2.24) is 4.90 Å². The molecule has 0 spiro atoms. The largest absolute Gasteiger partial charge is 0.369 e. The number of nitrogens with zero attached hydrogens (tertiary/aromatic N) is 2. The second kappa shape index (κ2) is 7.29.